The van der Waals surface area contributed by atoms with Crippen molar-refractivity contribution in [2.75, 3.05) is 13.2 Å². The first-order valence-corrected chi connectivity index (χ1v) is 6.73. The second kappa shape index (κ2) is 9.39. The molecule has 0 saturated heterocycles. The van der Waals surface area contributed by atoms with Crippen molar-refractivity contribution in [2.45, 2.75) is 32.3 Å². The molecule has 0 aliphatic carbocycles. The second-order valence-electron chi connectivity index (χ2n) is 3.36. The summed E-state index contributed by atoms with van der Waals surface area (Å²) >= 11 is 4.84. The first-order valence-electron chi connectivity index (χ1n) is 4.94. The molecule has 1 atom stereocenters. The molecule has 0 radical (unpaired) electrons. The molecule has 0 fully saturated rings. The van der Waals surface area contributed by atoms with Crippen LogP contribution in [0.3, 0.4) is 0 Å². The van der Waals surface area contributed by atoms with E-state index in [1.54, 1.807) is 0 Å². The van der Waals surface area contributed by atoms with Crippen molar-refractivity contribution < 1.29 is 13.7 Å². The highest BCUT2D eigenvalue weighted by Crippen LogP contribution is 2.07. The third-order valence-corrected chi connectivity index (χ3v) is 2.20. The van der Waals surface area contributed by atoms with E-state index in [4.69, 9.17) is 8.92 Å². The Labute approximate surface area is 101 Å². The predicted molar refractivity (Wildman–Crippen MR) is 68.9 cm³/mol. The fraction of sp³-hybridized carbons (Fsp3) is 0.875. The number of ether oxygens (including phenoxy) is 1. The largest absolute Gasteiger partial charge is 0.377 e. The Morgan fingerprint density at radius 3 is 2.67 bits per heavy atom. The van der Waals surface area contributed by atoms with Gasteiger partial charge in [0.2, 0.25) is 5.91 Å². The van der Waals surface area contributed by atoms with Crippen LogP contribution in [0.15, 0.2) is 0 Å². The van der Waals surface area contributed by atoms with Crippen molar-refractivity contribution in [1.82, 2.24) is 5.32 Å². The molecule has 0 aromatic heterocycles. The molecule has 0 rings (SSSR count). The zero-order valence-electron chi connectivity index (χ0n) is 9.36. The number of nitrogens with one attached hydrogen (secondary N) is 1. The minimum absolute atomic E-state index is 0.000111. The first-order chi connectivity index (χ1) is 7.10. The van der Waals surface area contributed by atoms with Crippen LogP contribution in [0.2, 0.25) is 6.32 Å². The van der Waals surface area contributed by atoms with Crippen molar-refractivity contribution in [3.63, 3.8) is 0 Å². The van der Waals surface area contributed by atoms with Crippen LogP contribution in [-0.4, -0.2) is 39.1 Å². The zero-order chi connectivity index (χ0) is 11.7. The summed E-state index contributed by atoms with van der Waals surface area (Å²) in [5.41, 5.74) is 0. The quantitative estimate of drug-likeness (QED) is 0.285. The number of carbonyl (C=O) groups excluding carboxylic acids is 1. The minimum atomic E-state index is -0.112. The fourth-order valence-corrected chi connectivity index (χ4v) is 1.29. The maximum absolute atomic E-state index is 11.2. The molecule has 15 heavy (non-hydrogen) atoms. The lowest BCUT2D eigenvalue weighted by molar-refractivity contribution is -0.120. The van der Waals surface area contributed by atoms with Crippen LogP contribution in [0.1, 0.15) is 13.8 Å². The van der Waals surface area contributed by atoms with Gasteiger partial charge in [0.25, 0.3) is 0 Å². The van der Waals surface area contributed by atoms with Crippen LogP contribution in [0.4, 0.5) is 0 Å². The average Bonchev–Trinajstić information content (AvgIpc) is 2.21. The minimum Gasteiger partial charge on any atom is -0.377 e. The lowest BCUT2D eigenvalue weighted by atomic mass is 10.0. The van der Waals surface area contributed by atoms with Gasteiger partial charge in [0.1, 0.15) is 7.85 Å². The highest BCUT2D eigenvalue weighted by atomic mass is 33.1. The SMILES string of the molecule is BCC(=O)NC(COSS)COC(C)C. The smallest absolute Gasteiger partial charge is 0.212 e. The van der Waals surface area contributed by atoms with Gasteiger partial charge in [-0.05, 0) is 20.2 Å². The molecule has 88 valence electrons. The Morgan fingerprint density at radius 2 is 2.20 bits per heavy atom. The van der Waals surface area contributed by atoms with Gasteiger partial charge in [-0.2, -0.15) is 0 Å². The first kappa shape index (κ1) is 15.2. The summed E-state index contributed by atoms with van der Waals surface area (Å²) in [5.74, 6) is 0.000111. The molecular weight excluding hydrogens is 233 g/mol. The Kier molecular flexibility index (Phi) is 9.48. The number of thiol groups is 1. The van der Waals surface area contributed by atoms with E-state index in [9.17, 15) is 4.79 Å². The molecule has 0 heterocycles. The average molecular weight is 251 g/mol. The van der Waals surface area contributed by atoms with E-state index < -0.39 is 0 Å². The topological polar surface area (TPSA) is 47.6 Å². The Balaban J connectivity index is 3.88. The van der Waals surface area contributed by atoms with Crippen molar-refractivity contribution in [3.8, 4) is 0 Å². The molecule has 1 unspecified atom stereocenters. The van der Waals surface area contributed by atoms with Gasteiger partial charge in [-0.25, -0.2) is 0 Å². The number of rotatable bonds is 8. The lowest BCUT2D eigenvalue weighted by Gasteiger charge is -2.19. The highest BCUT2D eigenvalue weighted by Gasteiger charge is 2.12. The van der Waals surface area contributed by atoms with Gasteiger partial charge in [0.15, 0.2) is 0 Å². The van der Waals surface area contributed by atoms with E-state index in [-0.39, 0.29) is 18.1 Å². The third-order valence-electron chi connectivity index (χ3n) is 1.64. The van der Waals surface area contributed by atoms with Crippen LogP contribution >= 0.6 is 22.7 Å². The maximum atomic E-state index is 11.2. The van der Waals surface area contributed by atoms with E-state index >= 15 is 0 Å². The molecule has 1 amide bonds. The Morgan fingerprint density at radius 1 is 1.53 bits per heavy atom. The fourth-order valence-electron chi connectivity index (χ4n) is 0.882. The molecule has 1 N–H and O–H groups in total. The molecule has 0 aromatic carbocycles. The van der Waals surface area contributed by atoms with E-state index in [1.165, 1.54) is 0 Å². The van der Waals surface area contributed by atoms with Crippen molar-refractivity contribution in [2.24, 2.45) is 0 Å². The van der Waals surface area contributed by atoms with Gasteiger partial charge in [-0.3, -0.25) is 4.79 Å². The molecule has 0 bridgehead atoms. The van der Waals surface area contributed by atoms with Gasteiger partial charge in [0, 0.05) is 0 Å². The number of hydrogen-bond acceptors (Lipinski definition) is 5. The van der Waals surface area contributed by atoms with Gasteiger partial charge >= 0.3 is 0 Å². The summed E-state index contributed by atoms with van der Waals surface area (Å²) in [6.45, 7) is 4.75. The van der Waals surface area contributed by atoms with Crippen LogP contribution in [0.5, 0.6) is 0 Å². The maximum Gasteiger partial charge on any atom is 0.212 e. The molecule has 0 saturated carbocycles. The Bertz CT molecular complexity index is 183. The summed E-state index contributed by atoms with van der Waals surface area (Å²) in [6.07, 6.45) is 0.612. The highest BCUT2D eigenvalue weighted by molar-refractivity contribution is 8.66. The molecule has 0 aliphatic rings. The summed E-state index contributed by atoms with van der Waals surface area (Å²) in [7, 11) is 1.81. The second-order valence-corrected chi connectivity index (χ2v) is 4.19. The van der Waals surface area contributed by atoms with Crippen molar-refractivity contribution in [3.05, 3.63) is 0 Å². The van der Waals surface area contributed by atoms with E-state index in [0.717, 1.165) is 11.1 Å². The number of hydrogen-bond donors (Lipinski definition) is 2. The lowest BCUT2D eigenvalue weighted by Crippen LogP contribution is -2.41. The van der Waals surface area contributed by atoms with E-state index in [1.807, 2.05) is 21.7 Å². The third kappa shape index (κ3) is 9.11. The molecule has 4 nitrogen and oxygen atoms in total. The summed E-state index contributed by atoms with van der Waals surface area (Å²) < 4.78 is 10.5. The van der Waals surface area contributed by atoms with Crippen LogP contribution < -0.4 is 5.32 Å². The molecular formula is C8H18BNO3S2. The predicted octanol–water partition coefficient (Wildman–Crippen LogP) is 0.457. The summed E-state index contributed by atoms with van der Waals surface area (Å²) in [4.78, 5) is 11.2. The van der Waals surface area contributed by atoms with Crippen LogP contribution in [0, 0.1) is 0 Å². The monoisotopic (exact) mass is 251 g/mol. The van der Waals surface area contributed by atoms with E-state index in [2.05, 4.69) is 17.0 Å². The van der Waals surface area contributed by atoms with Crippen LogP contribution in [0.25, 0.3) is 0 Å². The number of amides is 1. The number of carbonyl (C=O) groups is 1. The van der Waals surface area contributed by atoms with Gasteiger partial charge in [-0.15, -0.1) is 0 Å². The van der Waals surface area contributed by atoms with Crippen molar-refractivity contribution >= 4 is 36.5 Å². The summed E-state index contributed by atoms with van der Waals surface area (Å²) in [6, 6.07) is -0.112. The summed E-state index contributed by atoms with van der Waals surface area (Å²) in [5, 5.41) is 2.82. The Hall–Kier alpha value is 0.155. The van der Waals surface area contributed by atoms with Gasteiger partial charge < -0.3 is 14.2 Å². The van der Waals surface area contributed by atoms with E-state index in [0.29, 0.717) is 19.5 Å². The molecule has 0 spiro atoms. The van der Waals surface area contributed by atoms with Crippen LogP contribution in [-0.2, 0) is 13.7 Å². The molecule has 0 aromatic rings. The molecule has 7 heteroatoms. The molecule has 0 aliphatic heterocycles. The van der Waals surface area contributed by atoms with Crippen molar-refractivity contribution in [1.29, 1.82) is 0 Å². The van der Waals surface area contributed by atoms with Gasteiger partial charge in [0.05, 0.1) is 36.4 Å². The normalized spacial score (nSPS) is 12.8. The standard InChI is InChI=1S/C8H18BNO3S2/c1-6(2)12-4-7(5-13-15-14)10-8(11)3-9/h6-7,14H,3-5,9H2,1-2H3,(H,10,11). The zero-order valence-corrected chi connectivity index (χ0v) is 11.1. The van der Waals surface area contributed by atoms with Gasteiger partial charge in [-0.1, -0.05) is 11.7 Å².